The molecule has 0 heterocycles. The number of hydrogen-bond acceptors (Lipinski definition) is 3. The summed E-state index contributed by atoms with van der Waals surface area (Å²) in [5, 5.41) is 0. The highest BCUT2D eigenvalue weighted by atomic mass is 16.2. The van der Waals surface area contributed by atoms with Crippen LogP contribution in [0.5, 0.6) is 0 Å². The zero-order valence-corrected chi connectivity index (χ0v) is 17.6. The lowest BCUT2D eigenvalue weighted by atomic mass is 10.1. The summed E-state index contributed by atoms with van der Waals surface area (Å²) in [7, 11) is 0. The highest BCUT2D eigenvalue weighted by molar-refractivity contribution is 5.95. The minimum Gasteiger partial charge on any atom is -0.329 e. The molecule has 2 amide bonds. The van der Waals surface area contributed by atoms with Crippen LogP contribution in [0, 0.1) is 0 Å². The lowest BCUT2D eigenvalue weighted by molar-refractivity contribution is -0.144. The van der Waals surface area contributed by atoms with Crippen molar-refractivity contribution in [2.75, 3.05) is 13.1 Å². The van der Waals surface area contributed by atoms with Crippen molar-refractivity contribution in [2.24, 2.45) is 5.73 Å². The van der Waals surface area contributed by atoms with Gasteiger partial charge in [-0.1, -0.05) is 90.9 Å². The van der Waals surface area contributed by atoms with Crippen molar-refractivity contribution in [2.45, 2.75) is 117 Å². The van der Waals surface area contributed by atoms with Crippen LogP contribution < -0.4 is 5.73 Å². The van der Waals surface area contributed by atoms with E-state index in [2.05, 4.69) is 13.8 Å². The largest absolute Gasteiger partial charge is 0.329 e. The number of unbranched alkanes of at least 4 members (excludes halogenated alkanes) is 12. The van der Waals surface area contributed by atoms with E-state index in [4.69, 9.17) is 5.73 Å². The molecule has 0 aliphatic carbocycles. The molecule has 0 fully saturated rings. The fraction of sp³-hybridized carbons (Fsp3) is 0.909. The lowest BCUT2D eigenvalue weighted by Crippen LogP contribution is -2.40. The second-order valence-corrected chi connectivity index (χ2v) is 7.47. The first-order valence-electron chi connectivity index (χ1n) is 11.2. The second kappa shape index (κ2) is 18.9. The van der Waals surface area contributed by atoms with Crippen LogP contribution in [0.3, 0.4) is 0 Å². The molecule has 0 aliphatic rings. The summed E-state index contributed by atoms with van der Waals surface area (Å²) < 4.78 is 0. The monoisotopic (exact) mass is 368 g/mol. The highest BCUT2D eigenvalue weighted by Crippen LogP contribution is 2.12. The van der Waals surface area contributed by atoms with Crippen molar-refractivity contribution in [1.29, 1.82) is 0 Å². The Morgan fingerprint density at radius 2 is 0.962 bits per heavy atom. The van der Waals surface area contributed by atoms with Crippen LogP contribution in [0.15, 0.2) is 0 Å². The average Bonchev–Trinajstić information content (AvgIpc) is 2.64. The summed E-state index contributed by atoms with van der Waals surface area (Å²) in [6.45, 7) is 5.15. The Labute approximate surface area is 162 Å². The molecule has 0 atom stereocenters. The van der Waals surface area contributed by atoms with E-state index in [0.717, 1.165) is 25.7 Å². The van der Waals surface area contributed by atoms with Gasteiger partial charge < -0.3 is 5.73 Å². The van der Waals surface area contributed by atoms with Gasteiger partial charge in [-0.25, -0.2) is 0 Å². The van der Waals surface area contributed by atoms with Gasteiger partial charge in [0.2, 0.25) is 11.8 Å². The lowest BCUT2D eigenvalue weighted by Gasteiger charge is -2.20. The standard InChI is InChI=1S/C22H44N2O2/c1-3-5-7-9-11-13-15-17-21(25)24(20-19-23)22(26)18-16-14-12-10-8-6-4-2/h3-20,23H2,1-2H3. The molecule has 0 rings (SSSR count). The minimum absolute atomic E-state index is 0.0306. The van der Waals surface area contributed by atoms with Gasteiger partial charge in [0.05, 0.1) is 0 Å². The van der Waals surface area contributed by atoms with Crippen LogP contribution in [0.1, 0.15) is 117 Å². The van der Waals surface area contributed by atoms with Crippen molar-refractivity contribution in [3.05, 3.63) is 0 Å². The van der Waals surface area contributed by atoms with Crippen LogP contribution in [0.2, 0.25) is 0 Å². The first kappa shape index (κ1) is 25.1. The normalized spacial score (nSPS) is 10.9. The summed E-state index contributed by atoms with van der Waals surface area (Å²) in [6, 6.07) is 0. The Kier molecular flexibility index (Phi) is 18.2. The highest BCUT2D eigenvalue weighted by Gasteiger charge is 2.19. The molecule has 0 aliphatic heterocycles. The van der Waals surface area contributed by atoms with E-state index in [0.29, 0.717) is 25.9 Å². The molecule has 0 bridgehead atoms. The molecule has 0 aromatic rings. The number of nitrogens with two attached hydrogens (primary N) is 1. The Hall–Kier alpha value is -0.900. The van der Waals surface area contributed by atoms with Crippen LogP contribution in [-0.4, -0.2) is 29.8 Å². The molecule has 0 unspecified atom stereocenters. The minimum atomic E-state index is -0.0306. The van der Waals surface area contributed by atoms with Crippen LogP contribution in [-0.2, 0) is 9.59 Å². The first-order chi connectivity index (χ1) is 12.7. The zero-order chi connectivity index (χ0) is 19.5. The van der Waals surface area contributed by atoms with Gasteiger partial charge in [-0.3, -0.25) is 14.5 Å². The fourth-order valence-electron chi connectivity index (χ4n) is 3.25. The number of hydrogen-bond donors (Lipinski definition) is 1. The predicted molar refractivity (Wildman–Crippen MR) is 111 cm³/mol. The molecule has 0 aromatic carbocycles. The van der Waals surface area contributed by atoms with Crippen molar-refractivity contribution < 1.29 is 9.59 Å². The SMILES string of the molecule is CCCCCCCCCC(=O)N(CCN)C(=O)CCCCCCCCC. The van der Waals surface area contributed by atoms with Gasteiger partial charge in [0.1, 0.15) is 0 Å². The van der Waals surface area contributed by atoms with E-state index in [-0.39, 0.29) is 11.8 Å². The third-order valence-electron chi connectivity index (χ3n) is 4.94. The van der Waals surface area contributed by atoms with Crippen LogP contribution in [0.4, 0.5) is 0 Å². The number of amides is 2. The maximum Gasteiger partial charge on any atom is 0.229 e. The summed E-state index contributed by atoms with van der Waals surface area (Å²) in [5.74, 6) is -0.0612. The van der Waals surface area contributed by atoms with E-state index >= 15 is 0 Å². The van der Waals surface area contributed by atoms with Gasteiger partial charge in [-0.05, 0) is 12.8 Å². The topological polar surface area (TPSA) is 63.4 Å². The van der Waals surface area contributed by atoms with Crippen LogP contribution in [0.25, 0.3) is 0 Å². The Morgan fingerprint density at radius 1 is 0.615 bits per heavy atom. The summed E-state index contributed by atoms with van der Waals surface area (Å²) >= 11 is 0. The predicted octanol–water partition coefficient (Wildman–Crippen LogP) is 5.58. The molecular weight excluding hydrogens is 324 g/mol. The number of carbonyl (C=O) groups excluding carboxylic acids is 2. The van der Waals surface area contributed by atoms with Gasteiger partial charge in [-0.15, -0.1) is 0 Å². The summed E-state index contributed by atoms with van der Waals surface area (Å²) in [5.41, 5.74) is 5.60. The van der Waals surface area contributed by atoms with Crippen molar-refractivity contribution in [3.63, 3.8) is 0 Å². The Bertz CT molecular complexity index is 315. The quantitative estimate of drug-likeness (QED) is 0.321. The maximum absolute atomic E-state index is 12.4. The van der Waals surface area contributed by atoms with E-state index < -0.39 is 0 Å². The second-order valence-electron chi connectivity index (χ2n) is 7.47. The summed E-state index contributed by atoms with van der Waals surface area (Å²) in [4.78, 5) is 26.1. The van der Waals surface area contributed by atoms with Gasteiger partial charge in [0.25, 0.3) is 0 Å². The van der Waals surface area contributed by atoms with Gasteiger partial charge >= 0.3 is 0 Å². The van der Waals surface area contributed by atoms with Gasteiger partial charge in [-0.2, -0.15) is 0 Å². The Morgan fingerprint density at radius 3 is 1.31 bits per heavy atom. The van der Waals surface area contributed by atoms with E-state index in [9.17, 15) is 9.59 Å². The zero-order valence-electron chi connectivity index (χ0n) is 17.6. The summed E-state index contributed by atoms with van der Waals surface area (Å²) in [6.07, 6.45) is 17.5. The Balaban J connectivity index is 3.92. The number of carbonyl (C=O) groups is 2. The van der Waals surface area contributed by atoms with Crippen molar-refractivity contribution in [1.82, 2.24) is 4.90 Å². The third-order valence-corrected chi connectivity index (χ3v) is 4.94. The van der Waals surface area contributed by atoms with Crippen molar-refractivity contribution >= 4 is 11.8 Å². The molecule has 26 heavy (non-hydrogen) atoms. The molecule has 4 nitrogen and oxygen atoms in total. The number of nitrogens with zero attached hydrogens (tertiary/aromatic N) is 1. The molecule has 2 N–H and O–H groups in total. The molecule has 154 valence electrons. The maximum atomic E-state index is 12.4. The molecule has 0 saturated heterocycles. The number of imide groups is 1. The van der Waals surface area contributed by atoms with E-state index in [1.807, 2.05) is 0 Å². The van der Waals surface area contributed by atoms with E-state index in [1.165, 1.54) is 69.1 Å². The average molecular weight is 369 g/mol. The van der Waals surface area contributed by atoms with E-state index in [1.54, 1.807) is 0 Å². The third kappa shape index (κ3) is 14.3. The van der Waals surface area contributed by atoms with Gasteiger partial charge in [0, 0.05) is 25.9 Å². The molecule has 0 saturated carbocycles. The number of rotatable bonds is 18. The first-order valence-corrected chi connectivity index (χ1v) is 11.2. The van der Waals surface area contributed by atoms with Gasteiger partial charge in [0.15, 0.2) is 0 Å². The van der Waals surface area contributed by atoms with Crippen LogP contribution >= 0.6 is 0 Å². The van der Waals surface area contributed by atoms with Crippen molar-refractivity contribution in [3.8, 4) is 0 Å². The molecule has 0 radical (unpaired) electrons. The molecular formula is C22H44N2O2. The molecule has 4 heteroatoms. The fourth-order valence-corrected chi connectivity index (χ4v) is 3.25. The molecule has 0 aromatic heterocycles. The smallest absolute Gasteiger partial charge is 0.229 e. The molecule has 0 spiro atoms.